The number of carboxylic acid groups (broad SMARTS) is 1. The Morgan fingerprint density at radius 2 is 1.85 bits per heavy atom. The van der Waals surface area contributed by atoms with Gasteiger partial charge in [-0.2, -0.15) is 0 Å². The zero-order valence-corrected chi connectivity index (χ0v) is 12.1. The predicted molar refractivity (Wildman–Crippen MR) is 77.0 cm³/mol. The van der Waals surface area contributed by atoms with Crippen LogP contribution in [-0.4, -0.2) is 23.7 Å². The van der Waals surface area contributed by atoms with Crippen molar-refractivity contribution in [1.82, 2.24) is 0 Å². The van der Waals surface area contributed by atoms with Crippen LogP contribution < -0.4 is 0 Å². The Labute approximate surface area is 119 Å². The van der Waals surface area contributed by atoms with E-state index in [2.05, 4.69) is 6.92 Å². The second-order valence-corrected chi connectivity index (χ2v) is 5.05. The predicted octanol–water partition coefficient (Wildman–Crippen LogP) is 3.76. The zero-order valence-electron chi connectivity index (χ0n) is 12.1. The van der Waals surface area contributed by atoms with Crippen molar-refractivity contribution in [3.05, 3.63) is 35.4 Å². The lowest BCUT2D eigenvalue weighted by atomic mass is 10.0. The number of carboxylic acids is 1. The van der Waals surface area contributed by atoms with Crippen LogP contribution in [0.15, 0.2) is 24.3 Å². The van der Waals surface area contributed by atoms with Crippen LogP contribution in [0.4, 0.5) is 0 Å². The average molecular weight is 278 g/mol. The lowest BCUT2D eigenvalue weighted by Crippen LogP contribution is -2.15. The van der Waals surface area contributed by atoms with Crippen LogP contribution in [0.1, 0.15) is 60.2 Å². The van der Waals surface area contributed by atoms with Gasteiger partial charge in [0.05, 0.1) is 17.7 Å². The molecule has 0 fully saturated rings. The Balaban J connectivity index is 2.53. The molecule has 0 aromatic heterocycles. The van der Waals surface area contributed by atoms with E-state index in [1.165, 1.54) is 25.0 Å². The van der Waals surface area contributed by atoms with Crippen LogP contribution in [0, 0.1) is 5.92 Å². The summed E-state index contributed by atoms with van der Waals surface area (Å²) in [6.07, 6.45) is 4.49. The highest BCUT2D eigenvalue weighted by atomic mass is 16.5. The van der Waals surface area contributed by atoms with Gasteiger partial charge < -0.3 is 9.84 Å². The number of aromatic carboxylic acids is 1. The maximum Gasteiger partial charge on any atom is 0.339 e. The van der Waals surface area contributed by atoms with Crippen molar-refractivity contribution in [3.63, 3.8) is 0 Å². The minimum Gasteiger partial charge on any atom is -0.478 e. The van der Waals surface area contributed by atoms with E-state index in [1.54, 1.807) is 12.1 Å². The molecule has 1 rings (SSSR count). The summed E-state index contributed by atoms with van der Waals surface area (Å²) in [4.78, 5) is 22.9. The summed E-state index contributed by atoms with van der Waals surface area (Å²) in [6.45, 7) is 4.51. The fraction of sp³-hybridized carbons (Fsp3) is 0.500. The van der Waals surface area contributed by atoms with Crippen molar-refractivity contribution < 1.29 is 19.4 Å². The topological polar surface area (TPSA) is 63.6 Å². The van der Waals surface area contributed by atoms with Crippen LogP contribution in [0.2, 0.25) is 0 Å². The molecule has 1 unspecified atom stereocenters. The molecule has 1 aromatic rings. The van der Waals surface area contributed by atoms with E-state index < -0.39 is 11.9 Å². The smallest absolute Gasteiger partial charge is 0.339 e. The Bertz CT molecular complexity index is 454. The SMILES string of the molecule is CCCCCC(C)COC(=O)c1ccccc1C(=O)O. The summed E-state index contributed by atoms with van der Waals surface area (Å²) in [7, 11) is 0. The Morgan fingerprint density at radius 3 is 2.45 bits per heavy atom. The molecule has 0 saturated carbocycles. The molecule has 110 valence electrons. The first kappa shape index (κ1) is 16.2. The number of carbonyl (C=O) groups is 2. The molecular weight excluding hydrogens is 256 g/mol. The largest absolute Gasteiger partial charge is 0.478 e. The minimum absolute atomic E-state index is 0.0175. The number of carbonyl (C=O) groups excluding carboxylic acids is 1. The molecule has 20 heavy (non-hydrogen) atoms. The van der Waals surface area contributed by atoms with Crippen LogP contribution >= 0.6 is 0 Å². The number of esters is 1. The number of hydrogen-bond acceptors (Lipinski definition) is 3. The summed E-state index contributed by atoms with van der Waals surface area (Å²) >= 11 is 0. The summed E-state index contributed by atoms with van der Waals surface area (Å²) in [5, 5.41) is 9.03. The van der Waals surface area contributed by atoms with Crippen molar-refractivity contribution in [1.29, 1.82) is 0 Å². The standard InChI is InChI=1S/C16H22O4/c1-3-4-5-8-12(2)11-20-16(19)14-10-7-6-9-13(14)15(17)18/h6-7,9-10,12H,3-5,8,11H2,1-2H3,(H,17,18). The summed E-state index contributed by atoms with van der Waals surface area (Å²) in [6, 6.07) is 6.11. The molecule has 4 heteroatoms. The number of rotatable bonds is 8. The van der Waals surface area contributed by atoms with E-state index in [9.17, 15) is 9.59 Å². The third-order valence-electron chi connectivity index (χ3n) is 3.18. The monoisotopic (exact) mass is 278 g/mol. The van der Waals surface area contributed by atoms with Gasteiger partial charge in [0.15, 0.2) is 0 Å². The van der Waals surface area contributed by atoms with E-state index in [1.807, 2.05) is 6.92 Å². The maximum atomic E-state index is 11.9. The molecule has 0 aliphatic rings. The molecule has 0 aliphatic heterocycles. The maximum absolute atomic E-state index is 11.9. The van der Waals surface area contributed by atoms with E-state index >= 15 is 0 Å². The van der Waals surface area contributed by atoms with Crippen LogP contribution in [0.25, 0.3) is 0 Å². The molecule has 1 N–H and O–H groups in total. The summed E-state index contributed by atoms with van der Waals surface area (Å²) < 4.78 is 5.21. The zero-order chi connectivity index (χ0) is 15.0. The van der Waals surface area contributed by atoms with Crippen molar-refractivity contribution >= 4 is 11.9 Å². The molecule has 0 aliphatic carbocycles. The van der Waals surface area contributed by atoms with E-state index in [4.69, 9.17) is 9.84 Å². The molecule has 0 heterocycles. The van der Waals surface area contributed by atoms with Gasteiger partial charge >= 0.3 is 11.9 Å². The third kappa shape index (κ3) is 5.03. The van der Waals surface area contributed by atoms with Gasteiger partial charge in [-0.05, 0) is 24.5 Å². The second-order valence-electron chi connectivity index (χ2n) is 5.05. The van der Waals surface area contributed by atoms with Crippen LogP contribution in [0.5, 0.6) is 0 Å². The van der Waals surface area contributed by atoms with E-state index in [-0.39, 0.29) is 11.1 Å². The molecule has 0 spiro atoms. The van der Waals surface area contributed by atoms with Gasteiger partial charge in [0.2, 0.25) is 0 Å². The Hall–Kier alpha value is -1.84. The lowest BCUT2D eigenvalue weighted by Gasteiger charge is -2.12. The van der Waals surface area contributed by atoms with Crippen LogP contribution in [0.3, 0.4) is 0 Å². The van der Waals surface area contributed by atoms with Gasteiger partial charge in [-0.1, -0.05) is 45.2 Å². The summed E-state index contributed by atoms with van der Waals surface area (Å²) in [5.74, 6) is -1.39. The molecule has 1 aromatic carbocycles. The van der Waals surface area contributed by atoms with Gasteiger partial charge in [-0.15, -0.1) is 0 Å². The van der Waals surface area contributed by atoms with Crippen molar-refractivity contribution in [2.24, 2.45) is 5.92 Å². The normalized spacial score (nSPS) is 11.9. The first-order valence-corrected chi connectivity index (χ1v) is 7.05. The highest BCUT2D eigenvalue weighted by Gasteiger charge is 2.17. The fourth-order valence-corrected chi connectivity index (χ4v) is 1.97. The number of hydrogen-bond donors (Lipinski definition) is 1. The molecule has 0 amide bonds. The summed E-state index contributed by atoms with van der Waals surface area (Å²) in [5.41, 5.74) is 0.0943. The Morgan fingerprint density at radius 1 is 1.20 bits per heavy atom. The molecular formula is C16H22O4. The van der Waals surface area contributed by atoms with Crippen LogP contribution in [-0.2, 0) is 4.74 Å². The molecule has 0 bridgehead atoms. The average Bonchev–Trinajstić information content (AvgIpc) is 2.45. The number of ether oxygens (including phenoxy) is 1. The minimum atomic E-state index is -1.12. The van der Waals surface area contributed by atoms with Gasteiger partial charge in [0.1, 0.15) is 0 Å². The number of unbranched alkanes of at least 4 members (excludes halogenated alkanes) is 2. The molecule has 4 nitrogen and oxygen atoms in total. The lowest BCUT2D eigenvalue weighted by molar-refractivity contribution is 0.0434. The Kier molecular flexibility index (Phi) is 6.77. The van der Waals surface area contributed by atoms with Crippen molar-refractivity contribution in [3.8, 4) is 0 Å². The molecule has 1 atom stereocenters. The van der Waals surface area contributed by atoms with Gasteiger partial charge in [0, 0.05) is 0 Å². The first-order valence-electron chi connectivity index (χ1n) is 7.05. The van der Waals surface area contributed by atoms with Gasteiger partial charge in [-0.3, -0.25) is 0 Å². The second kappa shape index (κ2) is 8.35. The highest BCUT2D eigenvalue weighted by Crippen LogP contribution is 2.13. The third-order valence-corrected chi connectivity index (χ3v) is 3.18. The molecule has 0 saturated heterocycles. The fourth-order valence-electron chi connectivity index (χ4n) is 1.97. The highest BCUT2D eigenvalue weighted by molar-refractivity contribution is 6.02. The van der Waals surface area contributed by atoms with E-state index in [0.717, 1.165) is 12.8 Å². The quantitative estimate of drug-likeness (QED) is 0.581. The van der Waals surface area contributed by atoms with Crippen molar-refractivity contribution in [2.75, 3.05) is 6.61 Å². The number of benzene rings is 1. The van der Waals surface area contributed by atoms with Crippen molar-refractivity contribution in [2.45, 2.75) is 39.5 Å². The molecule has 0 radical (unpaired) electrons. The van der Waals surface area contributed by atoms with Gasteiger partial charge in [-0.25, -0.2) is 9.59 Å². The first-order chi connectivity index (χ1) is 9.56. The van der Waals surface area contributed by atoms with E-state index in [0.29, 0.717) is 12.5 Å². The van der Waals surface area contributed by atoms with Gasteiger partial charge in [0.25, 0.3) is 0 Å².